The third-order valence-corrected chi connectivity index (χ3v) is 3.26. The van der Waals surface area contributed by atoms with Crippen LogP contribution in [0.4, 0.5) is 0 Å². The number of rotatable bonds is 5. The van der Waals surface area contributed by atoms with Gasteiger partial charge in [0.05, 0.1) is 5.84 Å². The Kier molecular flexibility index (Phi) is 5.05. The van der Waals surface area contributed by atoms with Gasteiger partial charge in [0.1, 0.15) is 0 Å². The minimum atomic E-state index is 0.267. The summed E-state index contributed by atoms with van der Waals surface area (Å²) in [5, 5.41) is 7.48. The van der Waals surface area contributed by atoms with E-state index in [1.807, 2.05) is 0 Å². The zero-order valence-electron chi connectivity index (χ0n) is 9.83. The molecule has 4 nitrogen and oxygen atoms in total. The predicted molar refractivity (Wildman–Crippen MR) is 62.2 cm³/mol. The fourth-order valence-electron chi connectivity index (χ4n) is 2.13. The summed E-state index contributed by atoms with van der Waals surface area (Å²) >= 11 is 0. The highest BCUT2D eigenvalue weighted by Crippen LogP contribution is 2.19. The number of methoxy groups -OCH3 is 1. The molecule has 0 aromatic carbocycles. The van der Waals surface area contributed by atoms with Crippen LogP contribution in [-0.2, 0) is 4.74 Å². The zero-order chi connectivity index (χ0) is 11.3. The number of nitrogens with one attached hydrogen (secondary N) is 1. The summed E-state index contributed by atoms with van der Waals surface area (Å²) in [6.45, 7) is 5.11. The summed E-state index contributed by atoms with van der Waals surface area (Å²) in [6, 6.07) is 0.534. The molecule has 0 amide bonds. The minimum absolute atomic E-state index is 0.267. The van der Waals surface area contributed by atoms with Gasteiger partial charge in [0.15, 0.2) is 0 Å². The van der Waals surface area contributed by atoms with Crippen molar-refractivity contribution in [1.29, 1.82) is 5.41 Å². The number of nitrogens with two attached hydrogens (primary N) is 1. The van der Waals surface area contributed by atoms with Crippen LogP contribution in [0.3, 0.4) is 0 Å². The molecule has 0 radical (unpaired) electrons. The van der Waals surface area contributed by atoms with Crippen LogP contribution in [0.15, 0.2) is 0 Å². The molecular formula is C11H23N3O. The monoisotopic (exact) mass is 213 g/mol. The van der Waals surface area contributed by atoms with Crippen LogP contribution in [0.2, 0.25) is 0 Å². The van der Waals surface area contributed by atoms with E-state index >= 15 is 0 Å². The second-order valence-electron chi connectivity index (χ2n) is 4.42. The van der Waals surface area contributed by atoms with Crippen LogP contribution in [0.5, 0.6) is 0 Å². The molecule has 1 heterocycles. The molecule has 0 aromatic rings. The average Bonchev–Trinajstić information content (AvgIpc) is 2.26. The van der Waals surface area contributed by atoms with Gasteiger partial charge in [-0.1, -0.05) is 0 Å². The van der Waals surface area contributed by atoms with E-state index in [2.05, 4.69) is 11.8 Å². The van der Waals surface area contributed by atoms with Crippen LogP contribution >= 0.6 is 0 Å². The zero-order valence-corrected chi connectivity index (χ0v) is 9.83. The lowest BCUT2D eigenvalue weighted by Crippen LogP contribution is -2.45. The van der Waals surface area contributed by atoms with Crippen molar-refractivity contribution in [1.82, 2.24) is 4.90 Å². The summed E-state index contributed by atoms with van der Waals surface area (Å²) in [6.07, 6.45) is 3.28. The summed E-state index contributed by atoms with van der Waals surface area (Å²) in [4.78, 5) is 2.43. The largest absolute Gasteiger partial charge is 0.387 e. The number of hydrogen-bond donors (Lipinski definition) is 2. The highest BCUT2D eigenvalue weighted by molar-refractivity contribution is 5.79. The number of piperidine rings is 1. The lowest BCUT2D eigenvalue weighted by Gasteiger charge is -2.36. The first-order valence-electron chi connectivity index (χ1n) is 5.72. The lowest BCUT2D eigenvalue weighted by molar-refractivity contribution is 0.113. The van der Waals surface area contributed by atoms with E-state index < -0.39 is 0 Å². The van der Waals surface area contributed by atoms with Crippen molar-refractivity contribution in [3.8, 4) is 0 Å². The maximum Gasteiger partial charge on any atom is 0.0949 e. The second-order valence-corrected chi connectivity index (χ2v) is 4.42. The van der Waals surface area contributed by atoms with Gasteiger partial charge >= 0.3 is 0 Å². The van der Waals surface area contributed by atoms with Crippen molar-refractivity contribution in [2.24, 2.45) is 11.7 Å². The van der Waals surface area contributed by atoms with Gasteiger partial charge in [-0.2, -0.15) is 0 Å². The smallest absolute Gasteiger partial charge is 0.0949 e. The van der Waals surface area contributed by atoms with Crippen LogP contribution in [0.25, 0.3) is 0 Å². The van der Waals surface area contributed by atoms with Crippen LogP contribution in [0, 0.1) is 11.3 Å². The van der Waals surface area contributed by atoms with E-state index in [9.17, 15) is 0 Å². The molecule has 0 spiro atoms. The van der Waals surface area contributed by atoms with Gasteiger partial charge in [0.2, 0.25) is 0 Å². The molecule has 0 bridgehead atoms. The van der Waals surface area contributed by atoms with Gasteiger partial charge in [-0.15, -0.1) is 0 Å². The number of amidine groups is 1. The third kappa shape index (κ3) is 3.80. The van der Waals surface area contributed by atoms with E-state index in [0.717, 1.165) is 39.0 Å². The maximum atomic E-state index is 7.48. The number of ether oxygens (including phenoxy) is 1. The van der Waals surface area contributed by atoms with Crippen molar-refractivity contribution >= 4 is 5.84 Å². The van der Waals surface area contributed by atoms with E-state index in [4.69, 9.17) is 15.9 Å². The molecule has 1 saturated heterocycles. The predicted octanol–water partition coefficient (Wildman–Crippen LogP) is 1.06. The molecule has 0 aliphatic carbocycles. The lowest BCUT2D eigenvalue weighted by atomic mass is 9.95. The van der Waals surface area contributed by atoms with Crippen LogP contribution in [-0.4, -0.2) is 43.6 Å². The Morgan fingerprint density at radius 3 is 3.00 bits per heavy atom. The maximum absolute atomic E-state index is 7.48. The topological polar surface area (TPSA) is 62.3 Å². The number of hydrogen-bond acceptors (Lipinski definition) is 3. The van der Waals surface area contributed by atoms with Gasteiger partial charge in [0.25, 0.3) is 0 Å². The quantitative estimate of drug-likeness (QED) is 0.530. The van der Waals surface area contributed by atoms with Crippen LogP contribution in [0.1, 0.15) is 26.2 Å². The van der Waals surface area contributed by atoms with E-state index in [0.29, 0.717) is 11.9 Å². The molecule has 2 unspecified atom stereocenters. The molecule has 1 aliphatic heterocycles. The first-order chi connectivity index (χ1) is 7.15. The van der Waals surface area contributed by atoms with Gasteiger partial charge < -0.3 is 10.5 Å². The molecular weight excluding hydrogens is 190 g/mol. The Balaban J connectivity index is 2.37. The number of likely N-dealkylation sites (tertiary alicyclic amines) is 1. The molecule has 88 valence electrons. The normalized spacial score (nSPS) is 25.1. The Labute approximate surface area is 92.3 Å². The molecule has 2 atom stereocenters. The van der Waals surface area contributed by atoms with Crippen molar-refractivity contribution < 1.29 is 4.74 Å². The average molecular weight is 213 g/mol. The number of nitrogens with zero attached hydrogens (tertiary/aromatic N) is 1. The summed E-state index contributed by atoms with van der Waals surface area (Å²) < 4.78 is 5.08. The minimum Gasteiger partial charge on any atom is -0.387 e. The highest BCUT2D eigenvalue weighted by Gasteiger charge is 2.24. The molecule has 4 heteroatoms. The van der Waals surface area contributed by atoms with E-state index in [-0.39, 0.29) is 5.92 Å². The van der Waals surface area contributed by atoms with Gasteiger partial charge in [-0.3, -0.25) is 10.3 Å². The van der Waals surface area contributed by atoms with Crippen molar-refractivity contribution in [2.45, 2.75) is 32.2 Å². The molecule has 15 heavy (non-hydrogen) atoms. The molecule has 1 rings (SSSR count). The first kappa shape index (κ1) is 12.5. The Bertz CT molecular complexity index is 208. The Morgan fingerprint density at radius 2 is 2.40 bits per heavy atom. The van der Waals surface area contributed by atoms with Crippen molar-refractivity contribution in [3.05, 3.63) is 0 Å². The summed E-state index contributed by atoms with van der Waals surface area (Å²) in [5.41, 5.74) is 5.56. The van der Waals surface area contributed by atoms with Crippen molar-refractivity contribution in [2.75, 3.05) is 26.8 Å². The molecule has 1 aliphatic rings. The summed E-state index contributed by atoms with van der Waals surface area (Å²) in [7, 11) is 1.74. The molecule has 0 aromatic heterocycles. The van der Waals surface area contributed by atoms with Gasteiger partial charge in [0, 0.05) is 32.2 Å². The second kappa shape index (κ2) is 6.08. The standard InChI is InChI=1S/C11H23N3O/c1-9(5-7-15-2)14-6-3-4-10(8-14)11(12)13/h9-10H,3-8H2,1-2H3,(H3,12,13). The molecule has 1 fully saturated rings. The van der Waals surface area contributed by atoms with Crippen LogP contribution < -0.4 is 5.73 Å². The first-order valence-corrected chi connectivity index (χ1v) is 5.72. The Morgan fingerprint density at radius 1 is 1.67 bits per heavy atom. The Hall–Kier alpha value is -0.610. The van der Waals surface area contributed by atoms with E-state index in [1.54, 1.807) is 7.11 Å². The fraction of sp³-hybridized carbons (Fsp3) is 0.909. The van der Waals surface area contributed by atoms with Gasteiger partial charge in [-0.25, -0.2) is 0 Å². The van der Waals surface area contributed by atoms with Gasteiger partial charge in [-0.05, 0) is 32.7 Å². The molecule has 3 N–H and O–H groups in total. The fourth-order valence-corrected chi connectivity index (χ4v) is 2.13. The highest BCUT2D eigenvalue weighted by atomic mass is 16.5. The summed E-state index contributed by atoms with van der Waals surface area (Å²) in [5.74, 6) is 0.613. The van der Waals surface area contributed by atoms with E-state index in [1.165, 1.54) is 0 Å². The molecule has 0 saturated carbocycles. The SMILES string of the molecule is COCCC(C)N1CCCC(C(=N)N)C1. The van der Waals surface area contributed by atoms with Crippen molar-refractivity contribution in [3.63, 3.8) is 0 Å². The third-order valence-electron chi connectivity index (χ3n) is 3.26.